The average molecular weight is 358 g/mol. The summed E-state index contributed by atoms with van der Waals surface area (Å²) in [6.07, 6.45) is 7.82. The molecular weight excluding hydrogens is 332 g/mol. The van der Waals surface area contributed by atoms with Gasteiger partial charge >= 0.3 is 0 Å². The van der Waals surface area contributed by atoms with Gasteiger partial charge in [0.2, 0.25) is 0 Å². The zero-order chi connectivity index (χ0) is 18.9. The van der Waals surface area contributed by atoms with E-state index in [4.69, 9.17) is 0 Å². The molecule has 3 saturated carbocycles. The van der Waals surface area contributed by atoms with Crippen LogP contribution in [-0.2, 0) is 14.4 Å². The van der Waals surface area contributed by atoms with E-state index in [0.717, 1.165) is 18.4 Å². The van der Waals surface area contributed by atoms with Crippen molar-refractivity contribution in [3.8, 4) is 0 Å². The number of Topliss-reactive ketones (excluding diaryl/α,β-unsaturated/α-hetero) is 2. The summed E-state index contributed by atoms with van der Waals surface area (Å²) in [6, 6.07) is 0. The Morgan fingerprint density at radius 2 is 2.00 bits per heavy atom. The largest absolute Gasteiger partial charge is 0.388 e. The van der Waals surface area contributed by atoms with Crippen LogP contribution in [0, 0.1) is 28.6 Å². The Morgan fingerprint density at radius 1 is 1.27 bits per heavy atom. The molecular formula is C21H26O5. The summed E-state index contributed by atoms with van der Waals surface area (Å²) in [4.78, 5) is 37.4. The summed E-state index contributed by atoms with van der Waals surface area (Å²) in [5.74, 6) is -0.590. The Balaban J connectivity index is 1.76. The van der Waals surface area contributed by atoms with Crippen molar-refractivity contribution in [2.75, 3.05) is 6.61 Å². The molecule has 3 fully saturated rings. The molecule has 4 rings (SSSR count). The van der Waals surface area contributed by atoms with Gasteiger partial charge in [-0.3, -0.25) is 14.4 Å². The van der Waals surface area contributed by atoms with Crippen LogP contribution in [0.1, 0.15) is 46.0 Å². The number of aliphatic hydroxyl groups is 2. The van der Waals surface area contributed by atoms with E-state index in [-0.39, 0.29) is 35.7 Å². The minimum atomic E-state index is -1.62. The second-order valence-corrected chi connectivity index (χ2v) is 9.02. The van der Waals surface area contributed by atoms with Gasteiger partial charge in [0, 0.05) is 23.2 Å². The van der Waals surface area contributed by atoms with Gasteiger partial charge in [0.15, 0.2) is 11.6 Å². The van der Waals surface area contributed by atoms with Crippen molar-refractivity contribution in [1.29, 1.82) is 0 Å². The fourth-order valence-electron chi connectivity index (χ4n) is 6.62. The van der Waals surface area contributed by atoms with Gasteiger partial charge in [-0.2, -0.15) is 0 Å². The number of carbonyl (C=O) groups is 3. The standard InChI is InChI=1S/C21H26O5/c1-19-7-5-13(23)9-12(19)3-4-14-15-6-8-21(26,17(25)11-22)20(15,2)10-16(24)18(14)19/h5,7,9,14-15,18,22,26H,3-4,6,8,10-11H2,1-2H3/t14-,15-,18+,19-,20+,21-/m1/s1. The monoisotopic (exact) mass is 358 g/mol. The van der Waals surface area contributed by atoms with E-state index in [1.165, 1.54) is 0 Å². The third kappa shape index (κ3) is 2.01. The maximum absolute atomic E-state index is 13.3. The number of carbonyl (C=O) groups excluding carboxylic acids is 3. The second kappa shape index (κ2) is 5.46. The molecule has 0 radical (unpaired) electrons. The van der Waals surface area contributed by atoms with E-state index >= 15 is 0 Å². The van der Waals surface area contributed by atoms with Gasteiger partial charge in [0.05, 0.1) is 0 Å². The minimum absolute atomic E-state index is 0.0206. The lowest BCUT2D eigenvalue weighted by molar-refractivity contribution is -0.168. The van der Waals surface area contributed by atoms with E-state index in [2.05, 4.69) is 0 Å². The molecule has 6 atom stereocenters. The van der Waals surface area contributed by atoms with E-state index in [1.807, 2.05) is 19.9 Å². The Labute approximate surface area is 153 Å². The third-order valence-electron chi connectivity index (χ3n) is 8.01. The van der Waals surface area contributed by atoms with Crippen molar-refractivity contribution in [2.45, 2.75) is 51.6 Å². The van der Waals surface area contributed by atoms with Gasteiger partial charge in [0.1, 0.15) is 18.0 Å². The molecule has 2 N–H and O–H groups in total. The van der Waals surface area contributed by atoms with Crippen molar-refractivity contribution in [3.63, 3.8) is 0 Å². The lowest BCUT2D eigenvalue weighted by Gasteiger charge is -2.56. The van der Waals surface area contributed by atoms with Crippen LogP contribution in [0.3, 0.4) is 0 Å². The normalized spacial score (nSPS) is 47.1. The predicted molar refractivity (Wildman–Crippen MR) is 94.0 cm³/mol. The van der Waals surface area contributed by atoms with Gasteiger partial charge in [-0.05, 0) is 49.7 Å². The predicted octanol–water partition coefficient (Wildman–Crippen LogP) is 1.77. The SMILES string of the molecule is C[C@]12CC(=O)[C@@H]3[C@H](CCC4=CC(=O)C=C[C@]43C)[C@H]1CC[C@@]2(O)C(=O)CO. The molecule has 4 aliphatic carbocycles. The number of rotatable bonds is 2. The zero-order valence-electron chi connectivity index (χ0n) is 15.3. The summed E-state index contributed by atoms with van der Waals surface area (Å²) in [7, 11) is 0. The molecule has 0 spiro atoms. The first-order chi connectivity index (χ1) is 12.2. The highest BCUT2D eigenvalue weighted by atomic mass is 16.3. The van der Waals surface area contributed by atoms with E-state index in [9.17, 15) is 24.6 Å². The van der Waals surface area contributed by atoms with Gasteiger partial charge in [-0.25, -0.2) is 0 Å². The molecule has 0 aliphatic heterocycles. The highest BCUT2D eigenvalue weighted by Gasteiger charge is 2.68. The molecule has 0 bridgehead atoms. The molecule has 0 aromatic rings. The van der Waals surface area contributed by atoms with Crippen LogP contribution in [0.15, 0.2) is 23.8 Å². The number of fused-ring (bicyclic) bond motifs is 5. The number of allylic oxidation sites excluding steroid dienone is 4. The van der Waals surface area contributed by atoms with E-state index in [1.54, 1.807) is 12.2 Å². The van der Waals surface area contributed by atoms with Crippen LogP contribution >= 0.6 is 0 Å². The maximum Gasteiger partial charge on any atom is 0.190 e. The van der Waals surface area contributed by atoms with Crippen molar-refractivity contribution in [1.82, 2.24) is 0 Å². The summed E-state index contributed by atoms with van der Waals surface area (Å²) in [6.45, 7) is 3.19. The Kier molecular flexibility index (Phi) is 3.74. The van der Waals surface area contributed by atoms with Crippen LogP contribution < -0.4 is 0 Å². The summed E-state index contributed by atoms with van der Waals surface area (Å²) >= 11 is 0. The van der Waals surface area contributed by atoms with Crippen LogP contribution in [0.4, 0.5) is 0 Å². The highest BCUT2D eigenvalue weighted by Crippen LogP contribution is 2.66. The molecule has 0 saturated heterocycles. The average Bonchev–Trinajstić information content (AvgIpc) is 2.86. The molecule has 0 heterocycles. The van der Waals surface area contributed by atoms with Gasteiger partial charge in [-0.15, -0.1) is 0 Å². The fraction of sp³-hybridized carbons (Fsp3) is 0.667. The maximum atomic E-state index is 13.3. The van der Waals surface area contributed by atoms with Gasteiger partial charge in [0.25, 0.3) is 0 Å². The number of hydrogen-bond donors (Lipinski definition) is 2. The van der Waals surface area contributed by atoms with Crippen molar-refractivity contribution in [3.05, 3.63) is 23.8 Å². The van der Waals surface area contributed by atoms with Crippen LogP contribution in [0.2, 0.25) is 0 Å². The summed E-state index contributed by atoms with van der Waals surface area (Å²) < 4.78 is 0. The Bertz CT molecular complexity index is 764. The topological polar surface area (TPSA) is 91.7 Å². The Morgan fingerprint density at radius 3 is 2.69 bits per heavy atom. The quantitative estimate of drug-likeness (QED) is 0.785. The van der Waals surface area contributed by atoms with Crippen molar-refractivity contribution in [2.24, 2.45) is 28.6 Å². The first kappa shape index (κ1) is 17.8. The molecule has 0 aromatic carbocycles. The minimum Gasteiger partial charge on any atom is -0.388 e. The fourth-order valence-corrected chi connectivity index (χ4v) is 6.62. The number of aliphatic hydroxyl groups excluding tert-OH is 1. The molecule has 5 nitrogen and oxygen atoms in total. The highest BCUT2D eigenvalue weighted by molar-refractivity contribution is 6.02. The van der Waals surface area contributed by atoms with Crippen LogP contribution in [0.25, 0.3) is 0 Å². The molecule has 4 aliphatic rings. The zero-order valence-corrected chi connectivity index (χ0v) is 15.3. The van der Waals surface area contributed by atoms with Crippen LogP contribution in [-0.4, -0.2) is 39.8 Å². The van der Waals surface area contributed by atoms with Gasteiger partial charge < -0.3 is 10.2 Å². The molecule has 140 valence electrons. The van der Waals surface area contributed by atoms with Crippen molar-refractivity contribution >= 4 is 17.3 Å². The first-order valence-corrected chi connectivity index (χ1v) is 9.51. The van der Waals surface area contributed by atoms with Crippen molar-refractivity contribution < 1.29 is 24.6 Å². The first-order valence-electron chi connectivity index (χ1n) is 9.51. The number of hydrogen-bond acceptors (Lipinski definition) is 5. The molecule has 0 aromatic heterocycles. The molecule has 5 heteroatoms. The lowest BCUT2D eigenvalue weighted by atomic mass is 9.46. The van der Waals surface area contributed by atoms with E-state index < -0.39 is 28.8 Å². The molecule has 0 unspecified atom stereocenters. The summed E-state index contributed by atoms with van der Waals surface area (Å²) in [5, 5.41) is 20.5. The Hall–Kier alpha value is -1.59. The van der Waals surface area contributed by atoms with Gasteiger partial charge in [-0.1, -0.05) is 25.5 Å². The third-order valence-corrected chi connectivity index (χ3v) is 8.01. The lowest BCUT2D eigenvalue weighted by Crippen LogP contribution is -2.60. The van der Waals surface area contributed by atoms with Crippen LogP contribution in [0.5, 0.6) is 0 Å². The second-order valence-electron chi connectivity index (χ2n) is 9.02. The number of ketones is 3. The molecule has 26 heavy (non-hydrogen) atoms. The smallest absolute Gasteiger partial charge is 0.190 e. The van der Waals surface area contributed by atoms with E-state index in [0.29, 0.717) is 12.8 Å². The summed E-state index contributed by atoms with van der Waals surface area (Å²) in [5.41, 5.74) is -1.86. The molecule has 0 amide bonds.